The molecule has 0 unspecified atom stereocenters. The standard InChI is InChI=1S/C28H26ClN5O4/c1-16-3-8-24(32-31-16)22-12-25-23(13-26(22)38-21-9-10-33-20(11-21)15-37-28(33)36)27(35)34(17(2)30-25)14-18-4-6-19(29)7-5-18/h3-8,12-13,20-21H,9-11,14-15H2,1-2H3/t20-,21-/m0/s1. The molecule has 194 valence electrons. The number of rotatable bonds is 5. The van der Waals surface area contributed by atoms with Gasteiger partial charge in [0.1, 0.15) is 24.3 Å². The summed E-state index contributed by atoms with van der Waals surface area (Å²) in [6.07, 6.45) is 0.901. The lowest BCUT2D eigenvalue weighted by molar-refractivity contribution is 0.0940. The molecule has 2 saturated heterocycles. The van der Waals surface area contributed by atoms with Crippen LogP contribution < -0.4 is 10.3 Å². The van der Waals surface area contributed by atoms with Crippen molar-refractivity contribution in [3.05, 3.63) is 81.0 Å². The van der Waals surface area contributed by atoms with E-state index in [1.807, 2.05) is 44.2 Å². The Morgan fingerprint density at radius 1 is 1.08 bits per heavy atom. The number of nitrogens with zero attached hydrogens (tertiary/aromatic N) is 5. The first-order valence-corrected chi connectivity index (χ1v) is 12.9. The SMILES string of the molecule is Cc1ccc(-c2cc3nc(C)n(Cc4ccc(Cl)cc4)c(=O)c3cc2O[C@H]2CCN3C(=O)OC[C@@H]3C2)nn1. The Labute approximate surface area is 224 Å². The van der Waals surface area contributed by atoms with Crippen LogP contribution in [-0.4, -0.2) is 56.0 Å². The fraction of sp³-hybridized carbons (Fsp3) is 0.321. The molecule has 2 aliphatic heterocycles. The van der Waals surface area contributed by atoms with Crippen molar-refractivity contribution < 1.29 is 14.3 Å². The number of hydrogen-bond acceptors (Lipinski definition) is 7. The molecular weight excluding hydrogens is 506 g/mol. The Bertz CT molecular complexity index is 1590. The highest BCUT2D eigenvalue weighted by molar-refractivity contribution is 6.30. The van der Waals surface area contributed by atoms with Gasteiger partial charge in [-0.2, -0.15) is 10.2 Å². The second kappa shape index (κ2) is 9.72. The molecule has 4 heterocycles. The molecule has 2 aromatic heterocycles. The summed E-state index contributed by atoms with van der Waals surface area (Å²) in [5.74, 6) is 1.14. The third kappa shape index (κ3) is 4.58. The summed E-state index contributed by atoms with van der Waals surface area (Å²) in [4.78, 5) is 32.1. The minimum absolute atomic E-state index is 0.00903. The van der Waals surface area contributed by atoms with E-state index in [2.05, 4.69) is 10.2 Å². The molecule has 9 nitrogen and oxygen atoms in total. The second-order valence-corrected chi connectivity index (χ2v) is 10.2. The monoisotopic (exact) mass is 531 g/mol. The fourth-order valence-electron chi connectivity index (χ4n) is 5.11. The molecule has 2 atom stereocenters. The first kappa shape index (κ1) is 24.4. The lowest BCUT2D eigenvalue weighted by Crippen LogP contribution is -2.44. The fourth-order valence-corrected chi connectivity index (χ4v) is 5.23. The molecule has 2 aromatic carbocycles. The number of piperidine rings is 1. The van der Waals surface area contributed by atoms with Gasteiger partial charge in [0.25, 0.3) is 5.56 Å². The second-order valence-electron chi connectivity index (χ2n) is 9.79. The van der Waals surface area contributed by atoms with Gasteiger partial charge in [0.15, 0.2) is 0 Å². The van der Waals surface area contributed by atoms with Crippen molar-refractivity contribution in [2.75, 3.05) is 13.2 Å². The molecule has 38 heavy (non-hydrogen) atoms. The van der Waals surface area contributed by atoms with Crippen molar-refractivity contribution in [2.24, 2.45) is 0 Å². The van der Waals surface area contributed by atoms with E-state index in [-0.39, 0.29) is 23.8 Å². The van der Waals surface area contributed by atoms with Gasteiger partial charge in [0, 0.05) is 30.0 Å². The summed E-state index contributed by atoms with van der Waals surface area (Å²) in [5.41, 5.74) is 3.51. The van der Waals surface area contributed by atoms with Gasteiger partial charge in [-0.15, -0.1) is 0 Å². The third-order valence-corrected chi connectivity index (χ3v) is 7.42. The maximum Gasteiger partial charge on any atom is 0.410 e. The molecule has 0 bridgehead atoms. The number of aryl methyl sites for hydroxylation is 2. The molecule has 2 fully saturated rings. The summed E-state index contributed by atoms with van der Waals surface area (Å²) in [6, 6.07) is 14.8. The van der Waals surface area contributed by atoms with Crippen molar-refractivity contribution in [3.63, 3.8) is 0 Å². The molecule has 10 heteroatoms. The highest BCUT2D eigenvalue weighted by Gasteiger charge is 2.39. The zero-order valence-corrected chi connectivity index (χ0v) is 21.8. The number of carbonyl (C=O) groups excluding carboxylic acids is 1. The maximum absolute atomic E-state index is 13.7. The predicted octanol–water partition coefficient (Wildman–Crippen LogP) is 4.53. The number of aromatic nitrogens is 4. The number of fused-ring (bicyclic) bond motifs is 2. The van der Waals surface area contributed by atoms with Crippen LogP contribution in [0, 0.1) is 13.8 Å². The van der Waals surface area contributed by atoms with Gasteiger partial charge in [-0.3, -0.25) is 9.36 Å². The zero-order chi connectivity index (χ0) is 26.4. The van der Waals surface area contributed by atoms with E-state index in [9.17, 15) is 9.59 Å². The van der Waals surface area contributed by atoms with Crippen LogP contribution >= 0.6 is 11.6 Å². The molecule has 2 aliphatic rings. The van der Waals surface area contributed by atoms with Gasteiger partial charge in [-0.05, 0) is 55.8 Å². The maximum atomic E-state index is 13.7. The number of hydrogen-bond donors (Lipinski definition) is 0. The Morgan fingerprint density at radius 2 is 1.89 bits per heavy atom. The molecule has 0 spiro atoms. The topological polar surface area (TPSA) is 99.4 Å². The predicted molar refractivity (Wildman–Crippen MR) is 143 cm³/mol. The number of amides is 1. The molecule has 0 radical (unpaired) electrons. The highest BCUT2D eigenvalue weighted by Crippen LogP contribution is 2.35. The van der Waals surface area contributed by atoms with Crippen LogP contribution in [0.5, 0.6) is 5.75 Å². The first-order chi connectivity index (χ1) is 18.4. The summed E-state index contributed by atoms with van der Waals surface area (Å²) >= 11 is 6.03. The van der Waals surface area contributed by atoms with Crippen molar-refractivity contribution in [3.8, 4) is 17.0 Å². The normalized spacial score (nSPS) is 18.9. The number of halogens is 1. The minimum atomic E-state index is -0.266. The lowest BCUT2D eigenvalue weighted by Gasteiger charge is -2.33. The van der Waals surface area contributed by atoms with Crippen LogP contribution in [-0.2, 0) is 11.3 Å². The first-order valence-electron chi connectivity index (χ1n) is 12.6. The van der Waals surface area contributed by atoms with Gasteiger partial charge >= 0.3 is 6.09 Å². The number of cyclic esters (lactones) is 1. The molecule has 0 N–H and O–H groups in total. The Kier molecular flexibility index (Phi) is 6.23. The Hall–Kier alpha value is -3.98. The summed E-state index contributed by atoms with van der Waals surface area (Å²) in [5, 5.41) is 9.69. The molecule has 0 aliphatic carbocycles. The Morgan fingerprint density at radius 3 is 2.66 bits per heavy atom. The van der Waals surface area contributed by atoms with E-state index in [1.54, 1.807) is 27.7 Å². The van der Waals surface area contributed by atoms with Gasteiger partial charge in [-0.1, -0.05) is 23.7 Å². The van der Waals surface area contributed by atoms with Gasteiger partial charge in [0.05, 0.1) is 34.9 Å². The van der Waals surface area contributed by atoms with Crippen LogP contribution in [0.1, 0.15) is 29.9 Å². The summed E-state index contributed by atoms with van der Waals surface area (Å²) in [6.45, 7) is 5.01. The van der Waals surface area contributed by atoms with Crippen LogP contribution in [0.25, 0.3) is 22.2 Å². The van der Waals surface area contributed by atoms with Crippen molar-refractivity contribution >= 4 is 28.6 Å². The van der Waals surface area contributed by atoms with E-state index in [0.29, 0.717) is 71.3 Å². The summed E-state index contributed by atoms with van der Waals surface area (Å²) < 4.78 is 13.4. The largest absolute Gasteiger partial charge is 0.490 e. The molecule has 0 saturated carbocycles. The van der Waals surface area contributed by atoms with Crippen molar-refractivity contribution in [2.45, 2.75) is 45.4 Å². The van der Waals surface area contributed by atoms with Gasteiger partial charge in [-0.25, -0.2) is 9.78 Å². The van der Waals surface area contributed by atoms with Crippen LogP contribution in [0.2, 0.25) is 5.02 Å². The van der Waals surface area contributed by atoms with Gasteiger partial charge < -0.3 is 14.4 Å². The number of benzene rings is 2. The van der Waals surface area contributed by atoms with Gasteiger partial charge in [0.2, 0.25) is 0 Å². The molecule has 1 amide bonds. The van der Waals surface area contributed by atoms with E-state index in [0.717, 1.165) is 11.3 Å². The smallest absolute Gasteiger partial charge is 0.410 e. The van der Waals surface area contributed by atoms with E-state index in [1.165, 1.54) is 0 Å². The molecular formula is C28H26ClN5O4. The zero-order valence-electron chi connectivity index (χ0n) is 21.1. The minimum Gasteiger partial charge on any atom is -0.490 e. The average molecular weight is 532 g/mol. The lowest BCUT2D eigenvalue weighted by atomic mass is 10.0. The Balaban J connectivity index is 1.41. The van der Waals surface area contributed by atoms with Crippen LogP contribution in [0.4, 0.5) is 4.79 Å². The third-order valence-electron chi connectivity index (χ3n) is 7.17. The summed E-state index contributed by atoms with van der Waals surface area (Å²) in [7, 11) is 0. The van der Waals surface area contributed by atoms with E-state index < -0.39 is 0 Å². The highest BCUT2D eigenvalue weighted by atomic mass is 35.5. The van der Waals surface area contributed by atoms with Crippen molar-refractivity contribution in [1.29, 1.82) is 0 Å². The van der Waals surface area contributed by atoms with E-state index >= 15 is 0 Å². The number of carbonyl (C=O) groups is 1. The van der Waals surface area contributed by atoms with Crippen LogP contribution in [0.3, 0.4) is 0 Å². The van der Waals surface area contributed by atoms with Crippen molar-refractivity contribution in [1.82, 2.24) is 24.6 Å². The van der Waals surface area contributed by atoms with E-state index in [4.69, 9.17) is 26.1 Å². The number of ether oxygens (including phenoxy) is 2. The molecule has 4 aromatic rings. The molecule has 6 rings (SSSR count). The van der Waals surface area contributed by atoms with Crippen LogP contribution in [0.15, 0.2) is 53.3 Å². The quantitative estimate of drug-likeness (QED) is 0.373. The average Bonchev–Trinajstić information content (AvgIpc) is 3.28.